The molecule has 1 aliphatic rings. The van der Waals surface area contributed by atoms with Gasteiger partial charge in [-0.1, -0.05) is 23.7 Å². The van der Waals surface area contributed by atoms with Crippen LogP contribution < -0.4 is 4.74 Å². The maximum atomic E-state index is 12.6. The quantitative estimate of drug-likeness (QED) is 0.770. The van der Waals surface area contributed by atoms with E-state index in [4.69, 9.17) is 16.3 Å². The van der Waals surface area contributed by atoms with Crippen molar-refractivity contribution in [3.05, 3.63) is 59.4 Å². The largest absolute Gasteiger partial charge is 0.484 e. The van der Waals surface area contributed by atoms with E-state index in [0.29, 0.717) is 10.8 Å². The molecule has 0 unspecified atom stereocenters. The van der Waals surface area contributed by atoms with E-state index in [1.54, 1.807) is 24.3 Å². The van der Waals surface area contributed by atoms with Gasteiger partial charge in [0.15, 0.2) is 6.61 Å². The molecule has 128 valence electrons. The van der Waals surface area contributed by atoms with Crippen LogP contribution in [0.25, 0.3) is 11.0 Å². The lowest BCUT2D eigenvalue weighted by Gasteiger charge is -2.23. The first-order valence-corrected chi connectivity index (χ1v) is 8.71. The Kier molecular flexibility index (Phi) is 4.32. The molecule has 1 saturated heterocycles. The molecule has 1 fully saturated rings. The van der Waals surface area contributed by atoms with E-state index in [2.05, 4.69) is 9.97 Å². The zero-order valence-electron chi connectivity index (χ0n) is 13.6. The van der Waals surface area contributed by atoms with Gasteiger partial charge in [0.25, 0.3) is 5.91 Å². The van der Waals surface area contributed by atoms with Gasteiger partial charge in [0.2, 0.25) is 0 Å². The molecule has 0 radical (unpaired) electrons. The number of imidazole rings is 1. The Labute approximate surface area is 150 Å². The number of fused-ring (bicyclic) bond motifs is 1. The first-order valence-electron chi connectivity index (χ1n) is 8.33. The summed E-state index contributed by atoms with van der Waals surface area (Å²) in [4.78, 5) is 22.5. The van der Waals surface area contributed by atoms with E-state index < -0.39 is 0 Å². The van der Waals surface area contributed by atoms with Gasteiger partial charge in [-0.2, -0.15) is 0 Å². The highest BCUT2D eigenvalue weighted by Gasteiger charge is 2.32. The van der Waals surface area contributed by atoms with E-state index in [0.717, 1.165) is 36.2 Å². The van der Waals surface area contributed by atoms with Gasteiger partial charge in [-0.3, -0.25) is 4.79 Å². The van der Waals surface area contributed by atoms with Crippen molar-refractivity contribution in [1.82, 2.24) is 14.9 Å². The molecule has 1 atom stereocenters. The molecule has 1 aromatic heterocycles. The van der Waals surface area contributed by atoms with Crippen LogP contribution in [0.3, 0.4) is 0 Å². The predicted molar refractivity (Wildman–Crippen MR) is 96.7 cm³/mol. The van der Waals surface area contributed by atoms with E-state index >= 15 is 0 Å². The first kappa shape index (κ1) is 16.0. The summed E-state index contributed by atoms with van der Waals surface area (Å²) in [6.07, 6.45) is 1.88. The third kappa shape index (κ3) is 3.33. The van der Waals surface area contributed by atoms with Gasteiger partial charge in [-0.25, -0.2) is 4.98 Å². The van der Waals surface area contributed by atoms with Gasteiger partial charge in [-0.15, -0.1) is 0 Å². The number of aromatic amines is 1. The summed E-state index contributed by atoms with van der Waals surface area (Å²) >= 11 is 5.86. The molecule has 0 saturated carbocycles. The molecule has 4 rings (SSSR count). The minimum atomic E-state index is -0.0297. The molecular weight excluding hydrogens is 338 g/mol. The third-order valence-electron chi connectivity index (χ3n) is 4.47. The number of halogens is 1. The van der Waals surface area contributed by atoms with Crippen molar-refractivity contribution in [3.63, 3.8) is 0 Å². The Morgan fingerprint density at radius 3 is 2.84 bits per heavy atom. The molecule has 1 N–H and O–H groups in total. The molecule has 2 aromatic carbocycles. The highest BCUT2D eigenvalue weighted by molar-refractivity contribution is 6.30. The van der Waals surface area contributed by atoms with Crippen molar-refractivity contribution in [1.29, 1.82) is 0 Å². The van der Waals surface area contributed by atoms with Crippen LogP contribution in [0.4, 0.5) is 0 Å². The Bertz CT molecular complexity index is 858. The SMILES string of the molecule is O=C(COc1ccc(Cl)cc1)N1CCC[C@H]1c1nc2ccccc2[nH]1. The van der Waals surface area contributed by atoms with Gasteiger partial charge in [-0.05, 0) is 49.2 Å². The summed E-state index contributed by atoms with van der Waals surface area (Å²) in [7, 11) is 0. The van der Waals surface area contributed by atoms with Crippen LogP contribution in [0.2, 0.25) is 5.02 Å². The lowest BCUT2D eigenvalue weighted by molar-refractivity contribution is -0.134. The van der Waals surface area contributed by atoms with Gasteiger partial charge in [0, 0.05) is 11.6 Å². The van der Waals surface area contributed by atoms with Crippen molar-refractivity contribution < 1.29 is 9.53 Å². The number of nitrogens with zero attached hydrogens (tertiary/aromatic N) is 2. The van der Waals surface area contributed by atoms with E-state index in [1.807, 2.05) is 29.2 Å². The lowest BCUT2D eigenvalue weighted by atomic mass is 10.2. The van der Waals surface area contributed by atoms with E-state index in [-0.39, 0.29) is 18.6 Å². The Morgan fingerprint density at radius 1 is 1.24 bits per heavy atom. The fourth-order valence-corrected chi connectivity index (χ4v) is 3.36. The molecule has 1 aliphatic heterocycles. The molecule has 3 aromatic rings. The molecule has 5 nitrogen and oxygen atoms in total. The topological polar surface area (TPSA) is 58.2 Å². The number of carbonyl (C=O) groups is 1. The molecule has 25 heavy (non-hydrogen) atoms. The number of ether oxygens (including phenoxy) is 1. The number of rotatable bonds is 4. The number of likely N-dealkylation sites (tertiary alicyclic amines) is 1. The van der Waals surface area contributed by atoms with Gasteiger partial charge < -0.3 is 14.6 Å². The van der Waals surface area contributed by atoms with Crippen molar-refractivity contribution in [2.75, 3.05) is 13.2 Å². The predicted octanol–water partition coefficient (Wildman–Crippen LogP) is 3.96. The van der Waals surface area contributed by atoms with Crippen LogP contribution in [0.1, 0.15) is 24.7 Å². The Balaban J connectivity index is 1.46. The first-order chi connectivity index (χ1) is 12.2. The van der Waals surface area contributed by atoms with Crippen molar-refractivity contribution in [2.24, 2.45) is 0 Å². The van der Waals surface area contributed by atoms with Crippen LogP contribution >= 0.6 is 11.6 Å². The summed E-state index contributed by atoms with van der Waals surface area (Å²) in [6, 6.07) is 14.9. The average molecular weight is 356 g/mol. The number of hydrogen-bond donors (Lipinski definition) is 1. The van der Waals surface area contributed by atoms with Crippen molar-refractivity contribution in [2.45, 2.75) is 18.9 Å². The highest BCUT2D eigenvalue weighted by atomic mass is 35.5. The summed E-state index contributed by atoms with van der Waals surface area (Å²) < 4.78 is 5.60. The summed E-state index contributed by atoms with van der Waals surface area (Å²) in [6.45, 7) is 0.739. The normalized spacial score (nSPS) is 17.2. The molecule has 2 heterocycles. The van der Waals surface area contributed by atoms with Crippen LogP contribution in [0.15, 0.2) is 48.5 Å². The second-order valence-electron chi connectivity index (χ2n) is 6.13. The van der Waals surface area contributed by atoms with E-state index in [9.17, 15) is 4.79 Å². The molecule has 0 spiro atoms. The second-order valence-corrected chi connectivity index (χ2v) is 6.56. The lowest BCUT2D eigenvalue weighted by Crippen LogP contribution is -2.34. The standard InChI is InChI=1S/C19H18ClN3O2/c20-13-7-9-14(10-8-13)25-12-18(24)23-11-3-6-17(23)19-21-15-4-1-2-5-16(15)22-19/h1-2,4-5,7-10,17H,3,6,11-12H2,(H,21,22)/t17-/m0/s1. The molecule has 1 amide bonds. The maximum Gasteiger partial charge on any atom is 0.261 e. The highest BCUT2D eigenvalue weighted by Crippen LogP contribution is 2.31. The average Bonchev–Trinajstić information content (AvgIpc) is 3.27. The number of H-pyrrole nitrogens is 1. The maximum absolute atomic E-state index is 12.6. The number of hydrogen-bond acceptors (Lipinski definition) is 3. The van der Waals surface area contributed by atoms with Crippen LogP contribution in [-0.4, -0.2) is 33.9 Å². The van der Waals surface area contributed by atoms with Crippen LogP contribution in [0, 0.1) is 0 Å². The van der Waals surface area contributed by atoms with Gasteiger partial charge in [0.05, 0.1) is 17.1 Å². The number of aromatic nitrogens is 2. The zero-order valence-corrected chi connectivity index (χ0v) is 14.4. The summed E-state index contributed by atoms with van der Waals surface area (Å²) in [5.41, 5.74) is 1.92. The third-order valence-corrected chi connectivity index (χ3v) is 4.72. The minimum absolute atomic E-state index is 0.0123. The van der Waals surface area contributed by atoms with E-state index in [1.165, 1.54) is 0 Å². The van der Waals surface area contributed by atoms with Crippen molar-refractivity contribution >= 4 is 28.5 Å². The zero-order chi connectivity index (χ0) is 17.2. The van der Waals surface area contributed by atoms with Gasteiger partial charge in [0.1, 0.15) is 11.6 Å². The number of amides is 1. The second kappa shape index (κ2) is 6.76. The monoisotopic (exact) mass is 355 g/mol. The Morgan fingerprint density at radius 2 is 2.04 bits per heavy atom. The van der Waals surface area contributed by atoms with Crippen LogP contribution in [-0.2, 0) is 4.79 Å². The molecule has 6 heteroatoms. The molecule has 0 aliphatic carbocycles. The number of nitrogens with one attached hydrogen (secondary N) is 1. The molecule has 0 bridgehead atoms. The number of para-hydroxylation sites is 2. The summed E-state index contributed by atoms with van der Waals surface area (Å²) in [5, 5.41) is 0.642. The fourth-order valence-electron chi connectivity index (χ4n) is 3.24. The Hall–Kier alpha value is -2.53. The minimum Gasteiger partial charge on any atom is -0.484 e. The summed E-state index contributed by atoms with van der Waals surface area (Å²) in [5.74, 6) is 1.45. The molecular formula is C19H18ClN3O2. The smallest absolute Gasteiger partial charge is 0.261 e. The van der Waals surface area contributed by atoms with Gasteiger partial charge >= 0.3 is 0 Å². The van der Waals surface area contributed by atoms with Crippen LogP contribution in [0.5, 0.6) is 5.75 Å². The number of carbonyl (C=O) groups excluding carboxylic acids is 1. The fraction of sp³-hybridized carbons (Fsp3) is 0.263. The number of benzene rings is 2. The van der Waals surface area contributed by atoms with Crippen molar-refractivity contribution in [3.8, 4) is 5.75 Å².